The molecule has 0 atom stereocenters. The van der Waals surface area contributed by atoms with Crippen LogP contribution in [0.25, 0.3) is 0 Å². The molecule has 1 heterocycles. The molecule has 2 rings (SSSR count). The van der Waals surface area contributed by atoms with Crippen LogP contribution in [0.4, 0.5) is 0 Å². The van der Waals surface area contributed by atoms with Crippen LogP contribution in [0.3, 0.4) is 0 Å². The molecule has 0 aromatic heterocycles. The molecule has 1 saturated carbocycles. The van der Waals surface area contributed by atoms with E-state index in [1.807, 2.05) is 5.06 Å². The quantitative estimate of drug-likeness (QED) is 0.643. The van der Waals surface area contributed by atoms with E-state index in [1.54, 1.807) is 0 Å². The minimum absolute atomic E-state index is 0.128. The standard InChI is InChI=1S/C8H15NO2/c10-5-6-11-9-4-3-8(7-9)1-2-8/h10H,1-7H2. The van der Waals surface area contributed by atoms with Crippen molar-refractivity contribution in [1.29, 1.82) is 0 Å². The first-order valence-electron chi connectivity index (χ1n) is 4.33. The van der Waals surface area contributed by atoms with Crippen molar-refractivity contribution in [1.82, 2.24) is 5.06 Å². The Bertz CT molecular complexity index is 145. The van der Waals surface area contributed by atoms with Crippen LogP contribution in [0.1, 0.15) is 19.3 Å². The maximum absolute atomic E-state index is 8.52. The third-order valence-electron chi connectivity index (χ3n) is 2.73. The smallest absolute Gasteiger partial charge is 0.0916 e. The largest absolute Gasteiger partial charge is 0.394 e. The van der Waals surface area contributed by atoms with E-state index in [2.05, 4.69) is 0 Å². The minimum atomic E-state index is 0.128. The highest BCUT2D eigenvalue weighted by Crippen LogP contribution is 2.52. The lowest BCUT2D eigenvalue weighted by Crippen LogP contribution is -2.23. The summed E-state index contributed by atoms with van der Waals surface area (Å²) in [5, 5.41) is 10.5. The summed E-state index contributed by atoms with van der Waals surface area (Å²) in [6.07, 6.45) is 4.05. The fourth-order valence-corrected chi connectivity index (χ4v) is 1.76. The van der Waals surface area contributed by atoms with Crippen LogP contribution in [-0.2, 0) is 4.84 Å². The van der Waals surface area contributed by atoms with Gasteiger partial charge in [-0.1, -0.05) is 0 Å². The van der Waals surface area contributed by atoms with Gasteiger partial charge in [-0.15, -0.1) is 0 Å². The van der Waals surface area contributed by atoms with Crippen LogP contribution in [0.2, 0.25) is 0 Å². The second-order valence-corrected chi connectivity index (χ2v) is 3.67. The maximum Gasteiger partial charge on any atom is 0.0916 e. The summed E-state index contributed by atoms with van der Waals surface area (Å²) in [5.41, 5.74) is 0.634. The fourth-order valence-electron chi connectivity index (χ4n) is 1.76. The molecule has 0 radical (unpaired) electrons. The molecule has 0 unspecified atom stereocenters. The molecular formula is C8H15NO2. The number of aliphatic hydroxyl groups excluding tert-OH is 1. The zero-order chi connectivity index (χ0) is 7.73. The van der Waals surface area contributed by atoms with Gasteiger partial charge in [0.1, 0.15) is 0 Å². The van der Waals surface area contributed by atoms with E-state index < -0.39 is 0 Å². The van der Waals surface area contributed by atoms with E-state index in [4.69, 9.17) is 9.94 Å². The molecule has 64 valence electrons. The average Bonchev–Trinajstić information content (AvgIpc) is 2.61. The molecule has 1 saturated heterocycles. The predicted octanol–water partition coefficient (Wildman–Crippen LogP) is 0.396. The minimum Gasteiger partial charge on any atom is -0.394 e. The molecule has 1 aliphatic heterocycles. The number of hydrogen-bond donors (Lipinski definition) is 1. The second kappa shape index (κ2) is 2.73. The van der Waals surface area contributed by atoms with Crippen molar-refractivity contribution >= 4 is 0 Å². The molecule has 0 amide bonds. The molecule has 1 aliphatic carbocycles. The number of nitrogens with zero attached hydrogens (tertiary/aromatic N) is 1. The van der Waals surface area contributed by atoms with Crippen molar-refractivity contribution in [3.63, 3.8) is 0 Å². The van der Waals surface area contributed by atoms with Crippen LogP contribution < -0.4 is 0 Å². The van der Waals surface area contributed by atoms with E-state index >= 15 is 0 Å². The normalized spacial score (nSPS) is 28.1. The van der Waals surface area contributed by atoms with Gasteiger partial charge in [0.15, 0.2) is 0 Å². The Morgan fingerprint density at radius 2 is 2.18 bits per heavy atom. The molecule has 3 heteroatoms. The Kier molecular flexibility index (Phi) is 1.87. The summed E-state index contributed by atoms with van der Waals surface area (Å²) in [6.45, 7) is 2.73. The van der Waals surface area contributed by atoms with E-state index in [9.17, 15) is 0 Å². The predicted molar refractivity (Wildman–Crippen MR) is 40.9 cm³/mol. The summed E-state index contributed by atoms with van der Waals surface area (Å²) in [5.74, 6) is 0. The van der Waals surface area contributed by atoms with Gasteiger partial charge in [-0.2, -0.15) is 5.06 Å². The Hall–Kier alpha value is -0.120. The summed E-state index contributed by atoms with van der Waals surface area (Å²) in [4.78, 5) is 5.31. The number of rotatable bonds is 3. The zero-order valence-corrected chi connectivity index (χ0v) is 6.75. The molecule has 0 bridgehead atoms. The highest BCUT2D eigenvalue weighted by Gasteiger charge is 2.48. The Morgan fingerprint density at radius 1 is 1.36 bits per heavy atom. The van der Waals surface area contributed by atoms with Gasteiger partial charge >= 0.3 is 0 Å². The molecule has 11 heavy (non-hydrogen) atoms. The summed E-state index contributed by atoms with van der Waals surface area (Å²) >= 11 is 0. The van der Waals surface area contributed by atoms with Crippen molar-refractivity contribution in [2.24, 2.45) is 5.41 Å². The first-order chi connectivity index (χ1) is 5.35. The van der Waals surface area contributed by atoms with Gasteiger partial charge in [0.2, 0.25) is 0 Å². The molecular weight excluding hydrogens is 142 g/mol. The third-order valence-corrected chi connectivity index (χ3v) is 2.73. The third kappa shape index (κ3) is 1.55. The number of hydroxylamine groups is 2. The highest BCUT2D eigenvalue weighted by molar-refractivity contribution is 4.98. The first kappa shape index (κ1) is 7.53. The Balaban J connectivity index is 1.72. The lowest BCUT2D eigenvalue weighted by Gasteiger charge is -2.14. The van der Waals surface area contributed by atoms with Gasteiger partial charge in [-0.25, -0.2) is 0 Å². The second-order valence-electron chi connectivity index (χ2n) is 3.67. The topological polar surface area (TPSA) is 32.7 Å². The van der Waals surface area contributed by atoms with E-state index in [0.29, 0.717) is 12.0 Å². The zero-order valence-electron chi connectivity index (χ0n) is 6.75. The van der Waals surface area contributed by atoms with Crippen LogP contribution in [0.5, 0.6) is 0 Å². The van der Waals surface area contributed by atoms with Crippen molar-refractivity contribution in [3.8, 4) is 0 Å². The average molecular weight is 157 g/mol. The highest BCUT2D eigenvalue weighted by atomic mass is 16.7. The van der Waals surface area contributed by atoms with Gasteiger partial charge in [-0.3, -0.25) is 4.84 Å². The molecule has 0 aromatic rings. The Morgan fingerprint density at radius 3 is 2.73 bits per heavy atom. The van der Waals surface area contributed by atoms with Crippen LogP contribution in [-0.4, -0.2) is 36.5 Å². The molecule has 2 fully saturated rings. The van der Waals surface area contributed by atoms with E-state index in [0.717, 1.165) is 13.1 Å². The monoisotopic (exact) mass is 157 g/mol. The van der Waals surface area contributed by atoms with Crippen molar-refractivity contribution in [2.75, 3.05) is 26.3 Å². The lowest BCUT2D eigenvalue weighted by molar-refractivity contribution is -0.153. The molecule has 3 nitrogen and oxygen atoms in total. The van der Waals surface area contributed by atoms with E-state index in [1.165, 1.54) is 19.3 Å². The van der Waals surface area contributed by atoms with Gasteiger partial charge < -0.3 is 5.11 Å². The van der Waals surface area contributed by atoms with Gasteiger partial charge in [-0.05, 0) is 24.7 Å². The Labute approximate surface area is 66.9 Å². The lowest BCUT2D eigenvalue weighted by atomic mass is 10.1. The first-order valence-corrected chi connectivity index (χ1v) is 4.33. The van der Waals surface area contributed by atoms with Gasteiger partial charge in [0.05, 0.1) is 13.2 Å². The molecule has 1 spiro atoms. The van der Waals surface area contributed by atoms with Gasteiger partial charge in [0.25, 0.3) is 0 Å². The summed E-state index contributed by atoms with van der Waals surface area (Å²) in [7, 11) is 0. The maximum atomic E-state index is 8.52. The summed E-state index contributed by atoms with van der Waals surface area (Å²) in [6, 6.07) is 0. The van der Waals surface area contributed by atoms with E-state index in [-0.39, 0.29) is 6.61 Å². The molecule has 2 aliphatic rings. The number of aliphatic hydroxyl groups is 1. The fraction of sp³-hybridized carbons (Fsp3) is 1.00. The van der Waals surface area contributed by atoms with Gasteiger partial charge in [0, 0.05) is 13.1 Å². The SMILES string of the molecule is OCCON1CCC2(CC2)C1. The van der Waals surface area contributed by atoms with Crippen LogP contribution in [0, 0.1) is 5.41 Å². The van der Waals surface area contributed by atoms with Crippen molar-refractivity contribution in [2.45, 2.75) is 19.3 Å². The molecule has 1 N–H and O–H groups in total. The summed E-state index contributed by atoms with van der Waals surface area (Å²) < 4.78 is 0. The van der Waals surface area contributed by atoms with Crippen molar-refractivity contribution < 1.29 is 9.94 Å². The number of hydrogen-bond acceptors (Lipinski definition) is 3. The van der Waals surface area contributed by atoms with Crippen molar-refractivity contribution in [3.05, 3.63) is 0 Å². The molecule has 0 aromatic carbocycles. The van der Waals surface area contributed by atoms with Crippen LogP contribution >= 0.6 is 0 Å². The van der Waals surface area contributed by atoms with Crippen LogP contribution in [0.15, 0.2) is 0 Å².